The molecule has 146 valence electrons. The van der Waals surface area contributed by atoms with E-state index in [1.165, 1.54) is 0 Å². The van der Waals surface area contributed by atoms with Gasteiger partial charge in [-0.1, -0.05) is 0 Å². The van der Waals surface area contributed by atoms with Crippen molar-refractivity contribution in [1.82, 2.24) is 25.5 Å². The van der Waals surface area contributed by atoms with Crippen molar-refractivity contribution in [3.63, 3.8) is 0 Å². The lowest BCUT2D eigenvalue weighted by Crippen LogP contribution is -2.58. The monoisotopic (exact) mass is 378 g/mol. The molecule has 0 unspecified atom stereocenters. The van der Waals surface area contributed by atoms with Gasteiger partial charge in [-0.3, -0.25) is 5.10 Å². The van der Waals surface area contributed by atoms with Crippen LogP contribution in [-0.4, -0.2) is 50.9 Å². The average Bonchev–Trinajstić information content (AvgIpc) is 3.24. The Kier molecular flexibility index (Phi) is 3.84. The Labute approximate surface area is 164 Å². The van der Waals surface area contributed by atoms with Gasteiger partial charge in [0.15, 0.2) is 0 Å². The van der Waals surface area contributed by atoms with Gasteiger partial charge in [0.05, 0.1) is 16.9 Å². The van der Waals surface area contributed by atoms with E-state index in [0.717, 1.165) is 66.3 Å². The van der Waals surface area contributed by atoms with Crippen molar-refractivity contribution < 1.29 is 4.74 Å². The van der Waals surface area contributed by atoms with Crippen LogP contribution in [0.3, 0.4) is 0 Å². The van der Waals surface area contributed by atoms with Crippen molar-refractivity contribution in [2.24, 2.45) is 0 Å². The van der Waals surface area contributed by atoms with Gasteiger partial charge in [-0.2, -0.15) is 5.10 Å². The molecule has 7 heteroatoms. The third kappa shape index (κ3) is 3.09. The zero-order valence-corrected chi connectivity index (χ0v) is 16.6. The normalized spacial score (nSPS) is 20.3. The van der Waals surface area contributed by atoms with Gasteiger partial charge < -0.3 is 15.0 Å². The quantitative estimate of drug-likeness (QED) is 0.726. The Hall–Kier alpha value is -2.67. The van der Waals surface area contributed by atoms with Gasteiger partial charge in [0, 0.05) is 36.6 Å². The summed E-state index contributed by atoms with van der Waals surface area (Å²) in [6.07, 6.45) is 3.86. The molecule has 2 N–H and O–H groups in total. The number of anilines is 1. The van der Waals surface area contributed by atoms with Crippen LogP contribution in [0.5, 0.6) is 5.75 Å². The number of nitrogens with one attached hydrogen (secondary N) is 2. The first kappa shape index (κ1) is 17.4. The van der Waals surface area contributed by atoms with E-state index in [4.69, 9.17) is 4.74 Å². The maximum absolute atomic E-state index is 6.14. The first-order valence-corrected chi connectivity index (χ1v) is 9.92. The third-order valence-corrected chi connectivity index (χ3v) is 5.83. The number of hydrogen-bond donors (Lipinski definition) is 2. The summed E-state index contributed by atoms with van der Waals surface area (Å²) in [6.45, 7) is 9.42. The highest BCUT2D eigenvalue weighted by atomic mass is 16.5. The van der Waals surface area contributed by atoms with E-state index in [1.54, 1.807) is 6.33 Å². The molecule has 0 atom stereocenters. The Morgan fingerprint density at radius 1 is 1.11 bits per heavy atom. The summed E-state index contributed by atoms with van der Waals surface area (Å²) in [6, 6.07) is 8.10. The van der Waals surface area contributed by atoms with Crippen molar-refractivity contribution in [2.75, 3.05) is 24.5 Å². The molecule has 1 saturated heterocycles. The van der Waals surface area contributed by atoms with E-state index in [2.05, 4.69) is 63.3 Å². The lowest BCUT2D eigenvalue weighted by Gasteiger charge is -2.43. The van der Waals surface area contributed by atoms with Crippen LogP contribution < -0.4 is 15.0 Å². The molecule has 0 spiro atoms. The van der Waals surface area contributed by atoms with E-state index >= 15 is 0 Å². The maximum Gasteiger partial charge on any atom is 0.133 e. The van der Waals surface area contributed by atoms with Gasteiger partial charge in [-0.25, -0.2) is 9.97 Å². The Morgan fingerprint density at radius 2 is 1.96 bits per heavy atom. The molecule has 1 aliphatic carbocycles. The number of benzene rings is 1. The number of aromatic amines is 1. The van der Waals surface area contributed by atoms with Crippen LogP contribution in [0.4, 0.5) is 5.82 Å². The van der Waals surface area contributed by atoms with Crippen LogP contribution >= 0.6 is 0 Å². The molecule has 1 aromatic carbocycles. The van der Waals surface area contributed by atoms with Crippen molar-refractivity contribution in [3.05, 3.63) is 30.6 Å². The molecule has 1 saturated carbocycles. The topological polar surface area (TPSA) is 79.0 Å². The van der Waals surface area contributed by atoms with Crippen molar-refractivity contribution in [3.8, 4) is 17.1 Å². The third-order valence-electron chi connectivity index (χ3n) is 5.83. The number of ether oxygens (including phenoxy) is 1. The fourth-order valence-corrected chi connectivity index (χ4v) is 3.85. The van der Waals surface area contributed by atoms with Crippen molar-refractivity contribution in [2.45, 2.75) is 44.8 Å². The first-order valence-electron chi connectivity index (χ1n) is 9.92. The predicted octanol–water partition coefficient (Wildman–Crippen LogP) is 3.14. The van der Waals surface area contributed by atoms with Crippen LogP contribution in [0.25, 0.3) is 22.3 Å². The second-order valence-corrected chi connectivity index (χ2v) is 8.73. The van der Waals surface area contributed by atoms with Crippen LogP contribution in [-0.2, 0) is 0 Å². The second kappa shape index (κ2) is 6.17. The van der Waals surface area contributed by atoms with E-state index in [0.29, 0.717) is 0 Å². The summed E-state index contributed by atoms with van der Waals surface area (Å²) in [7, 11) is 0. The molecule has 5 rings (SSSR count). The van der Waals surface area contributed by atoms with Gasteiger partial charge in [-0.05, 0) is 51.8 Å². The van der Waals surface area contributed by atoms with Gasteiger partial charge >= 0.3 is 0 Å². The molecule has 2 fully saturated rings. The Balaban J connectivity index is 1.52. The van der Waals surface area contributed by atoms with Gasteiger partial charge in [0.2, 0.25) is 0 Å². The van der Waals surface area contributed by atoms with E-state index in [1.807, 2.05) is 12.1 Å². The minimum atomic E-state index is -0.00641. The molecule has 28 heavy (non-hydrogen) atoms. The van der Waals surface area contributed by atoms with E-state index in [9.17, 15) is 0 Å². The summed E-state index contributed by atoms with van der Waals surface area (Å²) in [4.78, 5) is 11.4. The SMILES string of the molecule is CC1(Oc2ccc3n[nH]c(-c4cc(N5CCNCC5(C)C)ncn4)c3c2)CC1. The summed E-state index contributed by atoms with van der Waals surface area (Å²) in [5.41, 5.74) is 2.65. The molecule has 0 amide bonds. The maximum atomic E-state index is 6.14. The predicted molar refractivity (Wildman–Crippen MR) is 110 cm³/mol. The molecule has 2 aromatic heterocycles. The summed E-state index contributed by atoms with van der Waals surface area (Å²) < 4.78 is 6.14. The smallest absolute Gasteiger partial charge is 0.133 e. The number of aromatic nitrogens is 4. The minimum Gasteiger partial charge on any atom is -0.488 e. The van der Waals surface area contributed by atoms with E-state index < -0.39 is 0 Å². The number of rotatable bonds is 4. The molecule has 0 radical (unpaired) electrons. The molecule has 7 nitrogen and oxygen atoms in total. The number of hydrogen-bond acceptors (Lipinski definition) is 6. The van der Waals surface area contributed by atoms with Gasteiger partial charge in [0.25, 0.3) is 0 Å². The zero-order chi connectivity index (χ0) is 19.4. The lowest BCUT2D eigenvalue weighted by molar-refractivity contribution is 0.200. The standard InChI is InChI=1S/C21H26N6O/c1-20(2)12-22-8-9-27(20)18-11-17(23-13-24-18)19-15-10-14(28-21(3)6-7-21)4-5-16(15)25-26-19/h4-5,10-11,13,22H,6-9,12H2,1-3H3,(H,25,26). The van der Waals surface area contributed by atoms with Gasteiger partial charge in [-0.15, -0.1) is 0 Å². The van der Waals surface area contributed by atoms with Gasteiger partial charge in [0.1, 0.15) is 23.5 Å². The number of nitrogens with zero attached hydrogens (tertiary/aromatic N) is 4. The number of piperazine rings is 1. The summed E-state index contributed by atoms with van der Waals surface area (Å²) in [5, 5.41) is 12.1. The summed E-state index contributed by atoms with van der Waals surface area (Å²) >= 11 is 0. The molecule has 2 aliphatic rings. The summed E-state index contributed by atoms with van der Waals surface area (Å²) in [5.74, 6) is 1.82. The van der Waals surface area contributed by atoms with E-state index in [-0.39, 0.29) is 11.1 Å². The fraction of sp³-hybridized carbons (Fsp3) is 0.476. The highest BCUT2D eigenvalue weighted by Crippen LogP contribution is 2.40. The van der Waals surface area contributed by atoms with Crippen molar-refractivity contribution >= 4 is 16.7 Å². The van der Waals surface area contributed by atoms with Crippen molar-refractivity contribution in [1.29, 1.82) is 0 Å². The molecule has 1 aliphatic heterocycles. The van der Waals surface area contributed by atoms with Crippen LogP contribution in [0.2, 0.25) is 0 Å². The number of fused-ring (bicyclic) bond motifs is 1. The fourth-order valence-electron chi connectivity index (χ4n) is 3.85. The first-order chi connectivity index (χ1) is 13.4. The molecule has 3 heterocycles. The minimum absolute atomic E-state index is 0.000640. The molecule has 3 aromatic rings. The average molecular weight is 378 g/mol. The Bertz CT molecular complexity index is 1020. The molecule has 0 bridgehead atoms. The molecular weight excluding hydrogens is 352 g/mol. The highest BCUT2D eigenvalue weighted by molar-refractivity contribution is 5.93. The zero-order valence-electron chi connectivity index (χ0n) is 16.6. The van der Waals surface area contributed by atoms with Crippen LogP contribution in [0.15, 0.2) is 30.6 Å². The Morgan fingerprint density at radius 3 is 2.75 bits per heavy atom. The largest absolute Gasteiger partial charge is 0.488 e. The highest BCUT2D eigenvalue weighted by Gasteiger charge is 2.40. The lowest BCUT2D eigenvalue weighted by atomic mass is 10.00. The molecular formula is C21H26N6O. The van der Waals surface area contributed by atoms with Crippen LogP contribution in [0, 0.1) is 0 Å². The van der Waals surface area contributed by atoms with Crippen LogP contribution in [0.1, 0.15) is 33.6 Å². The second-order valence-electron chi connectivity index (χ2n) is 8.73. The number of H-pyrrole nitrogens is 1.